The van der Waals surface area contributed by atoms with Gasteiger partial charge in [-0.15, -0.1) is 0 Å². The second-order valence-electron chi connectivity index (χ2n) is 18.8. The molecule has 3 heteroatoms. The van der Waals surface area contributed by atoms with Gasteiger partial charge in [0, 0.05) is 49.2 Å². The van der Waals surface area contributed by atoms with Crippen LogP contribution in [0, 0.1) is 0 Å². The lowest BCUT2D eigenvalue weighted by molar-refractivity contribution is 0.660. The summed E-state index contributed by atoms with van der Waals surface area (Å²) in [5, 5.41) is 9.43. The Morgan fingerprint density at radius 2 is 1.01 bits per heavy atom. The van der Waals surface area contributed by atoms with E-state index in [4.69, 9.17) is 4.42 Å². The lowest BCUT2D eigenvalue weighted by atomic mass is 9.81. The van der Waals surface area contributed by atoms with E-state index in [9.17, 15) is 0 Å². The number of rotatable bonds is 6. The molecule has 14 rings (SSSR count). The van der Waals surface area contributed by atoms with Crippen LogP contribution in [0.1, 0.15) is 25.0 Å². The summed E-state index contributed by atoms with van der Waals surface area (Å²) in [6.07, 6.45) is 0. The molecule has 3 nitrogen and oxygen atoms in total. The molecule has 0 N–H and O–H groups in total. The SMILES string of the molecule is CC1(C)c2ccccc2-c2ccc(-c3ccccc3N(c3ccc4c(oc5ccccc54)c3-c3cccc(-n4c5ccccc5c5ccccc54)c3)c3cc4ccccc4c4ccccc34)cc21. The fourth-order valence-corrected chi connectivity index (χ4v) is 11.6. The minimum absolute atomic E-state index is 0.147. The lowest BCUT2D eigenvalue weighted by Gasteiger charge is -2.31. The molecule has 0 aliphatic heterocycles. The molecule has 0 fully saturated rings. The maximum Gasteiger partial charge on any atom is 0.145 e. The van der Waals surface area contributed by atoms with Crippen LogP contribution in [0.25, 0.3) is 104 Å². The zero-order chi connectivity index (χ0) is 45.1. The Bertz CT molecular complexity index is 4150. The number of furan rings is 1. The van der Waals surface area contributed by atoms with Gasteiger partial charge in [0.2, 0.25) is 0 Å². The van der Waals surface area contributed by atoms with E-state index >= 15 is 0 Å². The van der Waals surface area contributed by atoms with E-state index in [1.165, 1.54) is 71.2 Å². The van der Waals surface area contributed by atoms with E-state index in [0.29, 0.717) is 0 Å². The third-order valence-electron chi connectivity index (χ3n) is 14.8. The zero-order valence-electron chi connectivity index (χ0n) is 37.7. The summed E-state index contributed by atoms with van der Waals surface area (Å²) >= 11 is 0. The van der Waals surface area contributed by atoms with Gasteiger partial charge in [0.15, 0.2) is 0 Å². The first kappa shape index (κ1) is 38.6. The van der Waals surface area contributed by atoms with Crippen LogP contribution in [0.15, 0.2) is 235 Å². The van der Waals surface area contributed by atoms with E-state index < -0.39 is 0 Å². The highest BCUT2D eigenvalue weighted by molar-refractivity contribution is 6.18. The summed E-state index contributed by atoms with van der Waals surface area (Å²) in [6, 6.07) is 84.6. The van der Waals surface area contributed by atoms with Gasteiger partial charge >= 0.3 is 0 Å². The van der Waals surface area contributed by atoms with Crippen LogP contribution in [0.4, 0.5) is 17.1 Å². The molecule has 0 saturated heterocycles. The zero-order valence-corrected chi connectivity index (χ0v) is 37.7. The first-order valence-electron chi connectivity index (χ1n) is 23.6. The van der Waals surface area contributed by atoms with Crippen LogP contribution in [0.2, 0.25) is 0 Å². The van der Waals surface area contributed by atoms with Crippen molar-refractivity contribution in [3.63, 3.8) is 0 Å². The summed E-state index contributed by atoms with van der Waals surface area (Å²) in [6.45, 7) is 4.73. The molecule has 0 saturated carbocycles. The normalized spacial score (nSPS) is 13.0. The minimum Gasteiger partial charge on any atom is -0.455 e. The standard InChI is InChI=1S/C65H44N2O/c1-65(2)55-29-12-7-24-48(55)49-35-34-42(39-56(49)65)46-22-8-13-30-57(46)67(61-40-41-18-3-4-21-45(41)47-23-5-6-25-50(47)61)60-37-36-54-53-28-11-16-33-62(53)68-64(54)63(60)43-19-17-20-44(38-43)66-58-31-14-9-26-51(58)52-27-10-15-32-59(52)66/h3-40H,1-2H3. The maximum absolute atomic E-state index is 7.11. The molecule has 0 amide bonds. The molecule has 0 atom stereocenters. The number of aromatic nitrogens is 1. The van der Waals surface area contributed by atoms with Crippen LogP contribution in [-0.4, -0.2) is 4.57 Å². The molecule has 0 bridgehead atoms. The molecule has 1 aliphatic rings. The predicted molar refractivity (Wildman–Crippen MR) is 286 cm³/mol. The molecule has 0 radical (unpaired) electrons. The van der Waals surface area contributed by atoms with Gasteiger partial charge in [0.1, 0.15) is 11.2 Å². The molecule has 0 unspecified atom stereocenters. The van der Waals surface area contributed by atoms with Crippen LogP contribution >= 0.6 is 0 Å². The van der Waals surface area contributed by atoms with Crippen molar-refractivity contribution >= 4 is 82.4 Å². The molecule has 11 aromatic carbocycles. The summed E-state index contributed by atoms with van der Waals surface area (Å²) in [7, 11) is 0. The average molecular weight is 869 g/mol. The molecule has 1 aliphatic carbocycles. The van der Waals surface area contributed by atoms with E-state index in [1.807, 2.05) is 0 Å². The number of anilines is 3. The lowest BCUT2D eigenvalue weighted by Crippen LogP contribution is -2.15. The van der Waals surface area contributed by atoms with Crippen molar-refractivity contribution in [2.24, 2.45) is 0 Å². The van der Waals surface area contributed by atoms with Crippen molar-refractivity contribution in [2.75, 3.05) is 4.90 Å². The molecule has 320 valence electrons. The Hall–Kier alpha value is -8.66. The fourth-order valence-electron chi connectivity index (χ4n) is 11.6. The van der Waals surface area contributed by atoms with Crippen LogP contribution < -0.4 is 4.90 Å². The second kappa shape index (κ2) is 14.7. The van der Waals surface area contributed by atoms with Gasteiger partial charge < -0.3 is 13.9 Å². The predicted octanol–water partition coefficient (Wildman–Crippen LogP) is 18.1. The number of hydrogen-bond donors (Lipinski definition) is 0. The van der Waals surface area contributed by atoms with E-state index in [1.54, 1.807) is 0 Å². The van der Waals surface area contributed by atoms with Crippen molar-refractivity contribution < 1.29 is 4.42 Å². The van der Waals surface area contributed by atoms with Gasteiger partial charge in [0.25, 0.3) is 0 Å². The van der Waals surface area contributed by atoms with Crippen LogP contribution in [0.3, 0.4) is 0 Å². The van der Waals surface area contributed by atoms with Gasteiger partial charge in [-0.25, -0.2) is 0 Å². The second-order valence-corrected chi connectivity index (χ2v) is 18.8. The number of para-hydroxylation sites is 4. The van der Waals surface area contributed by atoms with Crippen molar-refractivity contribution in [3.05, 3.63) is 242 Å². The Kier molecular flexibility index (Phi) is 8.33. The Labute approximate surface area is 394 Å². The monoisotopic (exact) mass is 868 g/mol. The molecule has 68 heavy (non-hydrogen) atoms. The van der Waals surface area contributed by atoms with Crippen molar-refractivity contribution in [1.29, 1.82) is 0 Å². The van der Waals surface area contributed by atoms with Gasteiger partial charge in [-0.1, -0.05) is 184 Å². The van der Waals surface area contributed by atoms with E-state index in [0.717, 1.165) is 61.4 Å². The number of nitrogens with zero attached hydrogens (tertiary/aromatic N) is 2. The minimum atomic E-state index is -0.147. The highest BCUT2D eigenvalue weighted by Gasteiger charge is 2.36. The highest BCUT2D eigenvalue weighted by Crippen LogP contribution is 2.53. The van der Waals surface area contributed by atoms with E-state index in [2.05, 4.69) is 254 Å². The Balaban J connectivity index is 1.08. The van der Waals surface area contributed by atoms with Crippen molar-refractivity contribution in [1.82, 2.24) is 4.57 Å². The highest BCUT2D eigenvalue weighted by atomic mass is 16.3. The Morgan fingerprint density at radius 3 is 1.82 bits per heavy atom. The van der Waals surface area contributed by atoms with Crippen molar-refractivity contribution in [3.8, 4) is 39.1 Å². The van der Waals surface area contributed by atoms with Crippen LogP contribution in [-0.2, 0) is 5.41 Å². The number of hydrogen-bond acceptors (Lipinski definition) is 2. The first-order valence-corrected chi connectivity index (χ1v) is 23.6. The fraction of sp³-hybridized carbons (Fsp3) is 0.0462. The summed E-state index contributed by atoms with van der Waals surface area (Å²) in [5.41, 5.74) is 18.0. The van der Waals surface area contributed by atoms with Gasteiger partial charge in [0.05, 0.1) is 28.1 Å². The quantitative estimate of drug-likeness (QED) is 0.155. The summed E-state index contributed by atoms with van der Waals surface area (Å²) in [4.78, 5) is 2.52. The molecule has 13 aromatic rings. The molecular weight excluding hydrogens is 825 g/mol. The average Bonchev–Trinajstić information content (AvgIpc) is 4.02. The van der Waals surface area contributed by atoms with E-state index in [-0.39, 0.29) is 5.41 Å². The Morgan fingerprint density at radius 1 is 0.382 bits per heavy atom. The third-order valence-corrected chi connectivity index (χ3v) is 14.8. The van der Waals surface area contributed by atoms with Gasteiger partial charge in [-0.2, -0.15) is 0 Å². The third kappa shape index (κ3) is 5.60. The van der Waals surface area contributed by atoms with Crippen LogP contribution in [0.5, 0.6) is 0 Å². The molecule has 0 spiro atoms. The van der Waals surface area contributed by atoms with Gasteiger partial charge in [-0.05, 0) is 110 Å². The summed E-state index contributed by atoms with van der Waals surface area (Å²) < 4.78 is 9.52. The summed E-state index contributed by atoms with van der Waals surface area (Å²) in [5.74, 6) is 0. The van der Waals surface area contributed by atoms with Crippen molar-refractivity contribution in [2.45, 2.75) is 19.3 Å². The number of benzene rings is 11. The maximum atomic E-state index is 7.11. The molecule has 2 heterocycles. The largest absolute Gasteiger partial charge is 0.455 e. The first-order chi connectivity index (χ1) is 33.5. The van der Waals surface area contributed by atoms with Gasteiger partial charge in [-0.3, -0.25) is 0 Å². The number of fused-ring (bicyclic) bond motifs is 12. The molecular formula is C65H44N2O. The topological polar surface area (TPSA) is 21.3 Å². The molecule has 2 aromatic heterocycles. The smallest absolute Gasteiger partial charge is 0.145 e.